The maximum absolute atomic E-state index is 4.93. The third-order valence-corrected chi connectivity index (χ3v) is 5.52. The number of pyridine rings is 2. The van der Waals surface area contributed by atoms with Crippen molar-refractivity contribution in [2.75, 3.05) is 6.54 Å². The van der Waals surface area contributed by atoms with Crippen molar-refractivity contribution in [3.05, 3.63) is 66.0 Å². The first-order chi connectivity index (χ1) is 15.7. The topological polar surface area (TPSA) is 113 Å². The molecule has 0 spiro atoms. The average molecular weight is 421 g/mol. The summed E-state index contributed by atoms with van der Waals surface area (Å²) in [6.45, 7) is 4.65. The fourth-order valence-corrected chi connectivity index (χ4v) is 3.92. The van der Waals surface area contributed by atoms with Gasteiger partial charge in [-0.25, -0.2) is 19.9 Å². The van der Waals surface area contributed by atoms with Gasteiger partial charge in [-0.05, 0) is 43.7 Å². The second-order valence-electron chi connectivity index (χ2n) is 7.68. The van der Waals surface area contributed by atoms with E-state index in [1.165, 1.54) is 0 Å². The Balaban J connectivity index is 1.49. The molecule has 0 saturated heterocycles. The molecule has 0 atom stereocenters. The smallest absolute Gasteiger partial charge is 0.180 e. The number of aryl methyl sites for hydroxylation is 1. The van der Waals surface area contributed by atoms with Crippen molar-refractivity contribution in [2.24, 2.45) is 4.99 Å². The third-order valence-electron chi connectivity index (χ3n) is 5.52. The highest BCUT2D eigenvalue weighted by molar-refractivity contribution is 5.93. The minimum Gasteiger partial charge on any atom is -0.333 e. The molecule has 0 radical (unpaired) electrons. The van der Waals surface area contributed by atoms with Gasteiger partial charge in [0.2, 0.25) is 0 Å². The number of H-pyrrole nitrogens is 2. The van der Waals surface area contributed by atoms with E-state index < -0.39 is 0 Å². The lowest BCUT2D eigenvalue weighted by Crippen LogP contribution is -1.93. The van der Waals surface area contributed by atoms with Crippen LogP contribution in [0.2, 0.25) is 0 Å². The first-order valence-electron chi connectivity index (χ1n) is 10.3. The molecule has 1 aliphatic heterocycles. The van der Waals surface area contributed by atoms with E-state index in [9.17, 15) is 0 Å². The Bertz CT molecular complexity index is 1580. The first-order valence-corrected chi connectivity index (χ1v) is 10.3. The Kier molecular flexibility index (Phi) is 4.07. The number of hydrogen-bond acceptors (Lipinski definition) is 6. The van der Waals surface area contributed by atoms with Gasteiger partial charge in [0.15, 0.2) is 17.2 Å². The molecule has 0 aliphatic carbocycles. The van der Waals surface area contributed by atoms with E-state index in [-0.39, 0.29) is 0 Å². The maximum atomic E-state index is 4.93. The molecule has 0 saturated carbocycles. The number of rotatable bonds is 3. The molecular weight excluding hydrogens is 402 g/mol. The van der Waals surface area contributed by atoms with E-state index in [0.29, 0.717) is 23.7 Å². The number of aromatic nitrogens is 8. The Morgan fingerprint density at radius 1 is 1.06 bits per heavy atom. The summed E-state index contributed by atoms with van der Waals surface area (Å²) in [6.07, 6.45) is 11.4. The Labute approximate surface area is 182 Å². The molecule has 0 bridgehead atoms. The summed E-state index contributed by atoms with van der Waals surface area (Å²) < 4.78 is 1.95. The molecule has 6 heterocycles. The van der Waals surface area contributed by atoms with E-state index in [1.807, 2.05) is 48.2 Å². The van der Waals surface area contributed by atoms with E-state index >= 15 is 0 Å². The molecule has 9 nitrogen and oxygen atoms in total. The molecule has 0 unspecified atom stereocenters. The predicted molar refractivity (Wildman–Crippen MR) is 124 cm³/mol. The minimum atomic E-state index is 0.609. The largest absolute Gasteiger partial charge is 0.333 e. The molecule has 2 N–H and O–H groups in total. The van der Waals surface area contributed by atoms with Crippen LogP contribution in [-0.2, 0) is 0 Å². The Morgan fingerprint density at radius 3 is 2.88 bits per heavy atom. The number of aliphatic imine (C=N–C) groups is 1. The van der Waals surface area contributed by atoms with Crippen LogP contribution in [0, 0.1) is 6.92 Å². The highest BCUT2D eigenvalue weighted by Crippen LogP contribution is 2.29. The zero-order valence-electron chi connectivity index (χ0n) is 17.5. The van der Waals surface area contributed by atoms with Crippen LogP contribution >= 0.6 is 0 Å². The van der Waals surface area contributed by atoms with E-state index in [4.69, 9.17) is 9.97 Å². The van der Waals surface area contributed by atoms with Gasteiger partial charge >= 0.3 is 0 Å². The van der Waals surface area contributed by atoms with Crippen LogP contribution in [0.15, 0.2) is 59.6 Å². The van der Waals surface area contributed by atoms with Gasteiger partial charge in [0.05, 0.1) is 35.5 Å². The quantitative estimate of drug-likeness (QED) is 0.460. The van der Waals surface area contributed by atoms with Crippen molar-refractivity contribution in [3.8, 4) is 17.2 Å². The Hall–Kier alpha value is -4.40. The van der Waals surface area contributed by atoms with Gasteiger partial charge in [0.25, 0.3) is 0 Å². The van der Waals surface area contributed by atoms with Crippen LogP contribution in [0.4, 0.5) is 0 Å². The second kappa shape index (κ2) is 7.09. The summed E-state index contributed by atoms with van der Waals surface area (Å²) in [5.74, 6) is 0.609. The normalized spacial score (nSPS) is 14.1. The molecule has 1 aliphatic rings. The molecule has 0 amide bonds. The zero-order chi connectivity index (χ0) is 21.7. The predicted octanol–water partition coefficient (Wildman–Crippen LogP) is 3.80. The highest BCUT2D eigenvalue weighted by Gasteiger charge is 2.18. The van der Waals surface area contributed by atoms with Crippen LogP contribution in [0.5, 0.6) is 0 Å². The average Bonchev–Trinajstić information content (AvgIpc) is 3.49. The molecular formula is C23H19N9. The molecule has 0 aromatic carbocycles. The maximum Gasteiger partial charge on any atom is 0.180 e. The van der Waals surface area contributed by atoms with Crippen LogP contribution in [0.3, 0.4) is 0 Å². The molecule has 5 aromatic rings. The van der Waals surface area contributed by atoms with Crippen molar-refractivity contribution in [1.82, 2.24) is 39.7 Å². The van der Waals surface area contributed by atoms with Crippen molar-refractivity contribution < 1.29 is 0 Å². The third kappa shape index (κ3) is 2.94. The number of nitrogens with zero attached hydrogens (tertiary/aromatic N) is 7. The number of fused-ring (bicyclic) bond motifs is 2. The molecule has 0 fully saturated rings. The van der Waals surface area contributed by atoms with Crippen LogP contribution in [-0.4, -0.2) is 52.4 Å². The molecule has 5 aromatic heterocycles. The van der Waals surface area contributed by atoms with Gasteiger partial charge in [-0.1, -0.05) is 6.08 Å². The highest BCUT2D eigenvalue weighted by atomic mass is 15.2. The van der Waals surface area contributed by atoms with E-state index in [0.717, 1.165) is 44.8 Å². The van der Waals surface area contributed by atoms with Crippen LogP contribution in [0.25, 0.3) is 45.0 Å². The fraction of sp³-hybridized carbons (Fsp3) is 0.130. The van der Waals surface area contributed by atoms with Gasteiger partial charge in [-0.2, -0.15) is 5.10 Å². The second-order valence-corrected chi connectivity index (χ2v) is 7.68. The number of imidazole rings is 2. The lowest BCUT2D eigenvalue weighted by Gasteiger charge is -2.06. The molecule has 6 rings (SSSR count). The number of aromatic amines is 2. The summed E-state index contributed by atoms with van der Waals surface area (Å²) in [5, 5.41) is 7.57. The first kappa shape index (κ1) is 18.4. The Morgan fingerprint density at radius 2 is 2.00 bits per heavy atom. The van der Waals surface area contributed by atoms with Crippen LogP contribution < -0.4 is 0 Å². The zero-order valence-corrected chi connectivity index (χ0v) is 17.5. The van der Waals surface area contributed by atoms with E-state index in [1.54, 1.807) is 12.5 Å². The number of allylic oxidation sites excluding steroid dienone is 3. The van der Waals surface area contributed by atoms with Gasteiger partial charge in [-0.3, -0.25) is 10.1 Å². The number of nitrogens with one attached hydrogen (secondary N) is 2. The summed E-state index contributed by atoms with van der Waals surface area (Å²) in [7, 11) is 0. The van der Waals surface area contributed by atoms with Crippen molar-refractivity contribution in [2.45, 2.75) is 13.8 Å². The fourth-order valence-electron chi connectivity index (χ4n) is 3.92. The monoisotopic (exact) mass is 421 g/mol. The van der Waals surface area contributed by atoms with Crippen molar-refractivity contribution in [3.63, 3.8) is 0 Å². The van der Waals surface area contributed by atoms with E-state index in [2.05, 4.69) is 43.1 Å². The van der Waals surface area contributed by atoms with Crippen LogP contribution in [0.1, 0.15) is 18.3 Å². The summed E-state index contributed by atoms with van der Waals surface area (Å²) in [4.78, 5) is 26.1. The summed E-state index contributed by atoms with van der Waals surface area (Å²) in [5.41, 5.74) is 8.60. The molecule has 9 heteroatoms. The summed E-state index contributed by atoms with van der Waals surface area (Å²) in [6, 6.07) is 5.92. The number of hydrogen-bond donors (Lipinski definition) is 2. The van der Waals surface area contributed by atoms with Gasteiger partial charge < -0.3 is 9.55 Å². The summed E-state index contributed by atoms with van der Waals surface area (Å²) >= 11 is 0. The standard InChI is InChI=1S/C23H19N9/c1-13-5-8-24-9-6-15(13)16-3-4-17-19(27-16)21(31-30-17)23-28-20-18(7-10-25-22(20)29-23)32-11-14(2)26-12-32/h3-8,10-12H,9H2,1-2H3,(H,30,31)(H,25,28,29). The van der Waals surface area contributed by atoms with Gasteiger partial charge in [0.1, 0.15) is 11.0 Å². The lowest BCUT2D eigenvalue weighted by molar-refractivity contribution is 1.06. The lowest BCUT2D eigenvalue weighted by atomic mass is 10.0. The van der Waals surface area contributed by atoms with Gasteiger partial charge in [0, 0.05) is 24.2 Å². The SMILES string of the molecule is CC1=CC=NCC=C1c1ccc2[nH]nc(-c3nc4nccc(-n5cnc(C)c5)c4[nH]3)c2n1. The minimum absolute atomic E-state index is 0.609. The molecule has 156 valence electrons. The van der Waals surface area contributed by atoms with Crippen molar-refractivity contribution in [1.29, 1.82) is 0 Å². The van der Waals surface area contributed by atoms with Crippen molar-refractivity contribution >= 4 is 34.0 Å². The van der Waals surface area contributed by atoms with Gasteiger partial charge in [-0.15, -0.1) is 0 Å². The molecule has 32 heavy (non-hydrogen) atoms.